The highest BCUT2D eigenvalue weighted by molar-refractivity contribution is 6.34. The van der Waals surface area contributed by atoms with Gasteiger partial charge < -0.3 is 14.4 Å². The molecule has 0 unspecified atom stereocenters. The van der Waals surface area contributed by atoms with Crippen LogP contribution in [0.25, 0.3) is 0 Å². The molecule has 1 N–H and O–H groups in total. The number of hydrogen-bond acceptors (Lipinski definition) is 4. The molecule has 0 saturated carbocycles. The molecule has 0 aliphatic carbocycles. The number of methoxy groups -OCH3 is 1. The third-order valence-corrected chi connectivity index (χ3v) is 7.06. The number of hydrogen-bond donors (Lipinski definition) is 1. The van der Waals surface area contributed by atoms with Crippen LogP contribution in [-0.4, -0.2) is 43.2 Å². The summed E-state index contributed by atoms with van der Waals surface area (Å²) in [6.45, 7) is 5.66. The number of piperidine rings is 1. The van der Waals surface area contributed by atoms with Gasteiger partial charge in [0.15, 0.2) is 11.5 Å². The summed E-state index contributed by atoms with van der Waals surface area (Å²) in [4.78, 5) is 1.66. The maximum absolute atomic E-state index is 6.78. The lowest BCUT2D eigenvalue weighted by Gasteiger charge is -2.50. The minimum absolute atomic E-state index is 0.142. The first-order valence-corrected chi connectivity index (χ1v) is 11.3. The fraction of sp³-hybridized carbons (Fsp3) is 0.458. The van der Waals surface area contributed by atoms with Crippen molar-refractivity contribution in [3.63, 3.8) is 0 Å². The molecule has 1 saturated heterocycles. The first kappa shape index (κ1) is 19.7. The molecule has 1 fully saturated rings. The van der Waals surface area contributed by atoms with Gasteiger partial charge in [0.2, 0.25) is 5.72 Å². The van der Waals surface area contributed by atoms with Crippen LogP contribution in [-0.2, 0) is 0 Å². The molecule has 158 valence electrons. The zero-order valence-electron chi connectivity index (χ0n) is 17.7. The SMILES string of the molecule is CCC[NH+]1CCC2(CC1)Oc1c(OC)cccc1[C@@H]1CC(c3ccccc3Cl)=NN12. The summed E-state index contributed by atoms with van der Waals surface area (Å²) in [6.07, 6.45) is 3.94. The van der Waals surface area contributed by atoms with Gasteiger partial charge >= 0.3 is 0 Å². The van der Waals surface area contributed by atoms with Crippen LogP contribution in [0.5, 0.6) is 11.5 Å². The summed E-state index contributed by atoms with van der Waals surface area (Å²) in [6, 6.07) is 14.3. The highest BCUT2D eigenvalue weighted by Gasteiger charge is 2.53. The van der Waals surface area contributed by atoms with Gasteiger partial charge in [0.25, 0.3) is 0 Å². The number of halogens is 1. The van der Waals surface area contributed by atoms with Crippen molar-refractivity contribution in [2.45, 2.75) is 44.4 Å². The Balaban J connectivity index is 1.56. The van der Waals surface area contributed by atoms with Crippen molar-refractivity contribution in [3.8, 4) is 11.5 Å². The summed E-state index contributed by atoms with van der Waals surface area (Å²) < 4.78 is 12.5. The number of benzene rings is 2. The molecule has 3 heterocycles. The number of nitrogens with zero attached hydrogens (tertiary/aromatic N) is 2. The molecule has 0 aromatic heterocycles. The number of rotatable bonds is 4. The number of fused-ring (bicyclic) bond motifs is 4. The molecule has 30 heavy (non-hydrogen) atoms. The summed E-state index contributed by atoms with van der Waals surface area (Å²) in [5.41, 5.74) is 2.77. The molecule has 3 aliphatic heterocycles. The van der Waals surface area contributed by atoms with Gasteiger partial charge in [-0.2, -0.15) is 5.10 Å². The van der Waals surface area contributed by atoms with E-state index in [0.717, 1.165) is 65.7 Å². The van der Waals surface area contributed by atoms with Crippen LogP contribution >= 0.6 is 11.6 Å². The Morgan fingerprint density at radius 2 is 2.00 bits per heavy atom. The third kappa shape index (κ3) is 3.15. The first-order chi connectivity index (χ1) is 14.6. The maximum Gasteiger partial charge on any atom is 0.209 e. The highest BCUT2D eigenvalue weighted by Crippen LogP contribution is 2.52. The number of nitrogens with one attached hydrogen (secondary N) is 1. The van der Waals surface area contributed by atoms with Crippen molar-refractivity contribution in [3.05, 3.63) is 58.6 Å². The van der Waals surface area contributed by atoms with E-state index < -0.39 is 5.72 Å². The van der Waals surface area contributed by atoms with Crippen molar-refractivity contribution in [2.24, 2.45) is 5.10 Å². The Kier molecular flexibility index (Phi) is 5.11. The molecule has 0 bridgehead atoms. The zero-order chi connectivity index (χ0) is 20.7. The van der Waals surface area contributed by atoms with Gasteiger partial charge in [0.1, 0.15) is 0 Å². The van der Waals surface area contributed by atoms with E-state index in [2.05, 4.69) is 24.1 Å². The van der Waals surface area contributed by atoms with Crippen LogP contribution in [0.2, 0.25) is 5.02 Å². The lowest BCUT2D eigenvalue weighted by Crippen LogP contribution is -3.14. The maximum atomic E-state index is 6.78. The van der Waals surface area contributed by atoms with E-state index in [-0.39, 0.29) is 6.04 Å². The van der Waals surface area contributed by atoms with Crippen molar-refractivity contribution >= 4 is 17.3 Å². The summed E-state index contributed by atoms with van der Waals surface area (Å²) >= 11 is 6.53. The summed E-state index contributed by atoms with van der Waals surface area (Å²) in [7, 11) is 1.71. The van der Waals surface area contributed by atoms with Crippen LogP contribution in [0.3, 0.4) is 0 Å². The average molecular weight is 427 g/mol. The molecule has 6 heteroatoms. The fourth-order valence-electron chi connectivity index (χ4n) is 5.22. The van der Waals surface area contributed by atoms with Gasteiger partial charge in [0, 0.05) is 22.6 Å². The standard InChI is InChI=1S/C24H28ClN3O2/c1-3-13-27-14-11-24(12-15-27)28-21(18-8-6-10-22(29-2)23(18)30-24)16-20(26-28)17-7-4-5-9-19(17)25/h4-10,21H,3,11-16H2,1-2H3/p+1/t21-/m0/s1. The molecule has 5 rings (SSSR count). The number of ether oxygens (including phenoxy) is 2. The van der Waals surface area contributed by atoms with Gasteiger partial charge in [-0.25, -0.2) is 5.01 Å². The second-order valence-corrected chi connectivity index (χ2v) is 8.93. The number of hydrazone groups is 1. The topological polar surface area (TPSA) is 38.5 Å². The Hall–Kier alpha value is -2.24. The van der Waals surface area contributed by atoms with Gasteiger partial charge in [-0.3, -0.25) is 0 Å². The largest absolute Gasteiger partial charge is 0.493 e. The minimum Gasteiger partial charge on any atom is -0.493 e. The van der Waals surface area contributed by atoms with Gasteiger partial charge in [-0.15, -0.1) is 0 Å². The lowest BCUT2D eigenvalue weighted by atomic mass is 9.90. The average Bonchev–Trinajstić information content (AvgIpc) is 3.22. The molecule has 5 nitrogen and oxygen atoms in total. The molecule has 0 radical (unpaired) electrons. The number of quaternary nitrogens is 1. The predicted octanol–water partition coefficient (Wildman–Crippen LogP) is 3.68. The van der Waals surface area contributed by atoms with Crippen LogP contribution in [0.4, 0.5) is 0 Å². The Labute approximate surface area is 183 Å². The van der Waals surface area contributed by atoms with E-state index in [9.17, 15) is 0 Å². The van der Waals surface area contributed by atoms with E-state index in [1.807, 2.05) is 30.3 Å². The second-order valence-electron chi connectivity index (χ2n) is 8.52. The zero-order valence-corrected chi connectivity index (χ0v) is 18.4. The fourth-order valence-corrected chi connectivity index (χ4v) is 5.46. The molecule has 1 spiro atoms. The summed E-state index contributed by atoms with van der Waals surface area (Å²) in [5, 5.41) is 8.13. The molecular weight excluding hydrogens is 398 g/mol. The van der Waals surface area contributed by atoms with Crippen molar-refractivity contribution in [1.29, 1.82) is 0 Å². The van der Waals surface area contributed by atoms with Crippen molar-refractivity contribution in [2.75, 3.05) is 26.7 Å². The lowest BCUT2D eigenvalue weighted by molar-refractivity contribution is -0.908. The van der Waals surface area contributed by atoms with Gasteiger partial charge in [-0.05, 0) is 18.6 Å². The molecule has 2 aromatic carbocycles. The van der Waals surface area contributed by atoms with Crippen molar-refractivity contribution in [1.82, 2.24) is 5.01 Å². The van der Waals surface area contributed by atoms with Crippen molar-refractivity contribution < 1.29 is 14.4 Å². The Morgan fingerprint density at radius 3 is 2.73 bits per heavy atom. The normalized spacial score (nSPS) is 27.3. The molecule has 0 amide bonds. The Bertz CT molecular complexity index is 969. The van der Waals surface area contributed by atoms with Crippen LogP contribution < -0.4 is 14.4 Å². The minimum atomic E-state index is -0.424. The Morgan fingerprint density at radius 1 is 1.20 bits per heavy atom. The smallest absolute Gasteiger partial charge is 0.209 e. The highest BCUT2D eigenvalue weighted by atomic mass is 35.5. The molecular formula is C24H29ClN3O2+. The number of para-hydroxylation sites is 1. The van der Waals surface area contributed by atoms with Gasteiger partial charge in [-0.1, -0.05) is 48.9 Å². The molecule has 2 aromatic rings. The number of likely N-dealkylation sites (tertiary alicyclic amines) is 1. The molecule has 1 atom stereocenters. The van der Waals surface area contributed by atoms with Gasteiger partial charge in [0.05, 0.1) is 51.3 Å². The van der Waals surface area contributed by atoms with E-state index in [0.29, 0.717) is 0 Å². The predicted molar refractivity (Wildman–Crippen MR) is 119 cm³/mol. The second kappa shape index (κ2) is 7.78. The first-order valence-electron chi connectivity index (χ1n) is 11.0. The third-order valence-electron chi connectivity index (χ3n) is 6.73. The monoisotopic (exact) mass is 426 g/mol. The van der Waals surface area contributed by atoms with Crippen LogP contribution in [0.1, 0.15) is 49.8 Å². The van der Waals surface area contributed by atoms with E-state index in [1.54, 1.807) is 12.0 Å². The summed E-state index contributed by atoms with van der Waals surface area (Å²) in [5.74, 6) is 1.69. The van der Waals surface area contributed by atoms with E-state index in [1.165, 1.54) is 13.0 Å². The van der Waals surface area contributed by atoms with E-state index >= 15 is 0 Å². The van der Waals surface area contributed by atoms with E-state index in [4.69, 9.17) is 26.2 Å². The van der Waals surface area contributed by atoms with Crippen LogP contribution in [0.15, 0.2) is 47.6 Å². The quantitative estimate of drug-likeness (QED) is 0.810. The van der Waals surface area contributed by atoms with Crippen LogP contribution in [0, 0.1) is 0 Å². The molecule has 3 aliphatic rings.